The fourth-order valence-corrected chi connectivity index (χ4v) is 1.83. The van der Waals surface area contributed by atoms with Crippen molar-refractivity contribution in [3.8, 4) is 11.8 Å². The molecule has 0 aliphatic heterocycles. The Bertz CT molecular complexity index is 688. The summed E-state index contributed by atoms with van der Waals surface area (Å²) in [6.45, 7) is 0. The Morgan fingerprint density at radius 2 is 1.86 bits per heavy atom. The van der Waals surface area contributed by atoms with Crippen LogP contribution in [0.1, 0.15) is 15.9 Å². The maximum atomic E-state index is 11.8. The molecule has 21 heavy (non-hydrogen) atoms. The summed E-state index contributed by atoms with van der Waals surface area (Å²) in [5, 5.41) is 11.9. The molecule has 106 valence electrons. The smallest absolute Gasteiger partial charge is 0.339 e. The molecule has 2 aromatic carbocycles. The van der Waals surface area contributed by atoms with Crippen molar-refractivity contribution < 1.29 is 14.3 Å². The fraction of sp³-hybridized carbons (Fsp3) is 0.125. The van der Waals surface area contributed by atoms with Crippen LogP contribution in [0, 0.1) is 11.3 Å². The molecule has 0 unspecified atom stereocenters. The second-order valence-corrected chi connectivity index (χ2v) is 4.22. The summed E-state index contributed by atoms with van der Waals surface area (Å²) in [6.07, 6.45) is 0. The molecule has 5 heteroatoms. The monoisotopic (exact) mass is 282 g/mol. The number of ether oxygens (including phenoxy) is 2. The summed E-state index contributed by atoms with van der Waals surface area (Å²) in [5.74, 6) is 0.188. The van der Waals surface area contributed by atoms with Crippen LogP contribution in [0.25, 0.3) is 0 Å². The summed E-state index contributed by atoms with van der Waals surface area (Å²) in [6, 6.07) is 14.0. The lowest BCUT2D eigenvalue weighted by atomic mass is 10.1. The van der Waals surface area contributed by atoms with Crippen LogP contribution >= 0.6 is 0 Å². The second-order valence-electron chi connectivity index (χ2n) is 4.22. The van der Waals surface area contributed by atoms with Gasteiger partial charge >= 0.3 is 5.97 Å². The number of methoxy groups -OCH3 is 2. The first kappa shape index (κ1) is 14.4. The number of carbonyl (C=O) groups is 1. The molecule has 0 heterocycles. The number of anilines is 2. The molecule has 2 aromatic rings. The largest absolute Gasteiger partial charge is 0.497 e. The first-order valence-corrected chi connectivity index (χ1v) is 6.21. The second kappa shape index (κ2) is 6.44. The molecule has 0 spiro atoms. The lowest BCUT2D eigenvalue weighted by Gasteiger charge is -2.12. The Morgan fingerprint density at radius 3 is 2.43 bits per heavy atom. The van der Waals surface area contributed by atoms with Crippen molar-refractivity contribution in [2.24, 2.45) is 0 Å². The third kappa shape index (κ3) is 3.31. The van der Waals surface area contributed by atoms with Gasteiger partial charge in [0.2, 0.25) is 0 Å². The molecule has 5 nitrogen and oxygen atoms in total. The summed E-state index contributed by atoms with van der Waals surface area (Å²) < 4.78 is 9.92. The van der Waals surface area contributed by atoms with Crippen LogP contribution in [-0.4, -0.2) is 20.2 Å². The quantitative estimate of drug-likeness (QED) is 0.872. The molecule has 0 aliphatic rings. The maximum absolute atomic E-state index is 11.8. The third-order valence-electron chi connectivity index (χ3n) is 2.93. The molecular weight excluding hydrogens is 268 g/mol. The highest BCUT2D eigenvalue weighted by molar-refractivity contribution is 5.96. The van der Waals surface area contributed by atoms with Crippen molar-refractivity contribution in [3.05, 3.63) is 53.6 Å². The normalized spacial score (nSPS) is 9.57. The van der Waals surface area contributed by atoms with E-state index in [-0.39, 0.29) is 0 Å². The number of carbonyl (C=O) groups excluding carboxylic acids is 1. The molecule has 0 aliphatic carbocycles. The van der Waals surface area contributed by atoms with Gasteiger partial charge in [-0.3, -0.25) is 0 Å². The van der Waals surface area contributed by atoms with Crippen molar-refractivity contribution in [1.82, 2.24) is 0 Å². The number of rotatable bonds is 4. The molecule has 0 amide bonds. The number of hydrogen-bond donors (Lipinski definition) is 1. The zero-order valence-corrected chi connectivity index (χ0v) is 11.7. The lowest BCUT2D eigenvalue weighted by molar-refractivity contribution is 0.0602. The standard InChI is InChI=1S/C16H14N2O3/c1-20-13-7-8-14(16(19)21-2)15(9-13)18-12-5-3-11(10-17)4-6-12/h3-9,18H,1-2H3. The van der Waals surface area contributed by atoms with Gasteiger partial charge in [-0.2, -0.15) is 5.26 Å². The predicted molar refractivity (Wildman–Crippen MR) is 78.8 cm³/mol. The van der Waals surface area contributed by atoms with Crippen LogP contribution in [0.4, 0.5) is 11.4 Å². The van der Waals surface area contributed by atoms with Crippen molar-refractivity contribution in [2.75, 3.05) is 19.5 Å². The highest BCUT2D eigenvalue weighted by Gasteiger charge is 2.13. The molecule has 0 saturated heterocycles. The number of nitrogens with zero attached hydrogens (tertiary/aromatic N) is 1. The van der Waals surface area contributed by atoms with Gasteiger partial charge in [-0.25, -0.2) is 4.79 Å². The summed E-state index contributed by atoms with van der Waals surface area (Å²) in [5.41, 5.74) is 2.31. The SMILES string of the molecule is COC(=O)c1ccc(OC)cc1Nc1ccc(C#N)cc1. The van der Waals surface area contributed by atoms with Crippen LogP contribution in [-0.2, 0) is 4.74 Å². The summed E-state index contributed by atoms with van der Waals surface area (Å²) in [7, 11) is 2.89. The van der Waals surface area contributed by atoms with Gasteiger partial charge < -0.3 is 14.8 Å². The van der Waals surface area contributed by atoms with Gasteiger partial charge in [-0.1, -0.05) is 0 Å². The van der Waals surface area contributed by atoms with E-state index in [0.29, 0.717) is 22.6 Å². The zero-order valence-electron chi connectivity index (χ0n) is 11.7. The van der Waals surface area contributed by atoms with E-state index in [1.165, 1.54) is 7.11 Å². The van der Waals surface area contributed by atoms with Gasteiger partial charge in [-0.15, -0.1) is 0 Å². The van der Waals surface area contributed by atoms with E-state index in [4.69, 9.17) is 14.7 Å². The molecule has 0 bridgehead atoms. The molecule has 0 radical (unpaired) electrons. The minimum Gasteiger partial charge on any atom is -0.497 e. The van der Waals surface area contributed by atoms with Crippen LogP contribution in [0.15, 0.2) is 42.5 Å². The van der Waals surface area contributed by atoms with E-state index in [1.807, 2.05) is 0 Å². The first-order chi connectivity index (χ1) is 10.2. The van der Waals surface area contributed by atoms with Gasteiger partial charge in [0.1, 0.15) is 5.75 Å². The minimum atomic E-state index is -0.436. The van der Waals surface area contributed by atoms with Crippen molar-refractivity contribution >= 4 is 17.3 Å². The van der Waals surface area contributed by atoms with E-state index in [2.05, 4.69) is 11.4 Å². The Morgan fingerprint density at radius 1 is 1.14 bits per heavy atom. The van der Waals surface area contributed by atoms with E-state index in [1.54, 1.807) is 49.6 Å². The Balaban J connectivity index is 2.36. The molecule has 0 fully saturated rings. The van der Waals surface area contributed by atoms with E-state index in [0.717, 1.165) is 5.69 Å². The number of nitrogens with one attached hydrogen (secondary N) is 1. The molecule has 1 N–H and O–H groups in total. The predicted octanol–water partition coefficient (Wildman–Crippen LogP) is 3.10. The minimum absolute atomic E-state index is 0.405. The molecule has 0 atom stereocenters. The Hall–Kier alpha value is -3.00. The van der Waals surface area contributed by atoms with E-state index >= 15 is 0 Å². The van der Waals surface area contributed by atoms with Crippen molar-refractivity contribution in [1.29, 1.82) is 5.26 Å². The zero-order chi connectivity index (χ0) is 15.2. The number of hydrogen-bond acceptors (Lipinski definition) is 5. The maximum Gasteiger partial charge on any atom is 0.339 e. The fourth-order valence-electron chi connectivity index (χ4n) is 1.83. The molecular formula is C16H14N2O3. The van der Waals surface area contributed by atoms with Crippen LogP contribution < -0.4 is 10.1 Å². The van der Waals surface area contributed by atoms with Gasteiger partial charge in [0, 0.05) is 11.8 Å². The topological polar surface area (TPSA) is 71.3 Å². The molecule has 0 saturated carbocycles. The molecule has 0 aromatic heterocycles. The van der Waals surface area contributed by atoms with Gasteiger partial charge in [0.15, 0.2) is 0 Å². The first-order valence-electron chi connectivity index (χ1n) is 6.21. The average Bonchev–Trinajstić information content (AvgIpc) is 2.54. The highest BCUT2D eigenvalue weighted by atomic mass is 16.5. The average molecular weight is 282 g/mol. The van der Waals surface area contributed by atoms with E-state index in [9.17, 15) is 4.79 Å². The highest BCUT2D eigenvalue weighted by Crippen LogP contribution is 2.26. The Kier molecular flexibility index (Phi) is 4.42. The number of esters is 1. The van der Waals surface area contributed by atoms with Gasteiger partial charge in [-0.05, 0) is 36.4 Å². The van der Waals surface area contributed by atoms with Crippen molar-refractivity contribution in [3.63, 3.8) is 0 Å². The number of nitriles is 1. The third-order valence-corrected chi connectivity index (χ3v) is 2.93. The molecule has 2 rings (SSSR count). The van der Waals surface area contributed by atoms with Crippen molar-refractivity contribution in [2.45, 2.75) is 0 Å². The van der Waals surface area contributed by atoms with Crippen LogP contribution in [0.5, 0.6) is 5.75 Å². The van der Waals surface area contributed by atoms with Gasteiger partial charge in [0.25, 0.3) is 0 Å². The summed E-state index contributed by atoms with van der Waals surface area (Å²) >= 11 is 0. The van der Waals surface area contributed by atoms with Gasteiger partial charge in [0.05, 0.1) is 37.1 Å². The lowest BCUT2D eigenvalue weighted by Crippen LogP contribution is -2.06. The number of benzene rings is 2. The Labute approximate surface area is 122 Å². The summed E-state index contributed by atoms with van der Waals surface area (Å²) in [4.78, 5) is 11.8. The van der Waals surface area contributed by atoms with Crippen LogP contribution in [0.2, 0.25) is 0 Å². The van der Waals surface area contributed by atoms with E-state index < -0.39 is 5.97 Å². The van der Waals surface area contributed by atoms with Crippen LogP contribution in [0.3, 0.4) is 0 Å².